The quantitative estimate of drug-likeness (QED) is 0.0299. The zero-order valence-electron chi connectivity index (χ0n) is 49.6. The molecule has 412 valence electrons. The Morgan fingerprint density at radius 3 is 1.45 bits per heavy atom. The molecule has 0 bridgehead atoms. The van der Waals surface area contributed by atoms with Crippen LogP contribution in [0.5, 0.6) is 23.0 Å². The molecule has 4 aromatic carbocycles. The fraction of sp³-hybridized carbons (Fsp3) is 0.600. The van der Waals surface area contributed by atoms with E-state index in [0.717, 1.165) is 36.3 Å². The highest BCUT2D eigenvalue weighted by Crippen LogP contribution is 2.46. The monoisotopic (exact) mass is 1050 g/mol. The minimum atomic E-state index is -1.56. The van der Waals surface area contributed by atoms with Gasteiger partial charge in [0.05, 0.1) is 14.2 Å². The van der Waals surface area contributed by atoms with Crippen molar-refractivity contribution in [2.45, 2.75) is 239 Å². The fourth-order valence-electron chi connectivity index (χ4n) is 11.4. The molecule has 4 aromatic rings. The highest BCUT2D eigenvalue weighted by Gasteiger charge is 2.36. The van der Waals surface area contributed by atoms with E-state index >= 15 is 0 Å². The number of carbonyl (C=O) groups excluding carboxylic acids is 2. The number of benzene rings is 4. The van der Waals surface area contributed by atoms with Crippen molar-refractivity contribution < 1.29 is 34.1 Å². The molecule has 1 fully saturated rings. The fourth-order valence-corrected chi connectivity index (χ4v) is 20.5. The lowest BCUT2D eigenvalue weighted by Gasteiger charge is -2.38. The molecular weight excluding hydrogens is 949 g/mol. The second-order valence-corrected chi connectivity index (χ2v) is 33.7. The van der Waals surface area contributed by atoms with Crippen molar-refractivity contribution in [3.63, 3.8) is 0 Å². The van der Waals surface area contributed by atoms with Crippen molar-refractivity contribution in [3.05, 3.63) is 117 Å². The van der Waals surface area contributed by atoms with Gasteiger partial charge in [-0.05, 0) is 158 Å². The zero-order valence-corrected chi connectivity index (χ0v) is 51.6. The van der Waals surface area contributed by atoms with Crippen LogP contribution in [0.15, 0.2) is 72.8 Å². The van der Waals surface area contributed by atoms with Crippen LogP contribution in [0.4, 0.5) is 0 Å². The van der Waals surface area contributed by atoms with E-state index in [4.69, 9.17) is 23.1 Å². The summed E-state index contributed by atoms with van der Waals surface area (Å²) >= 11 is 0. The lowest BCUT2D eigenvalue weighted by molar-refractivity contribution is -0.132. The molecule has 0 radical (unpaired) electrons. The van der Waals surface area contributed by atoms with E-state index in [1.165, 1.54) is 148 Å². The summed E-state index contributed by atoms with van der Waals surface area (Å²) in [6.07, 6.45) is 20.1. The van der Waals surface area contributed by atoms with E-state index in [0.29, 0.717) is 11.5 Å². The van der Waals surface area contributed by atoms with Gasteiger partial charge >= 0.3 is 11.9 Å². The summed E-state index contributed by atoms with van der Waals surface area (Å²) in [6, 6.07) is 28.1. The Bertz CT molecular complexity index is 2370. The lowest BCUT2D eigenvalue weighted by Crippen LogP contribution is -2.44. The van der Waals surface area contributed by atoms with Crippen molar-refractivity contribution >= 4 is 28.6 Å². The van der Waals surface area contributed by atoms with E-state index in [1.807, 2.05) is 24.3 Å². The van der Waals surface area contributed by atoms with E-state index < -0.39 is 16.6 Å². The maximum Gasteiger partial charge on any atom is 0.308 e. The van der Waals surface area contributed by atoms with Crippen LogP contribution in [0.3, 0.4) is 0 Å². The number of ether oxygens (including phenoxy) is 4. The lowest BCUT2D eigenvalue weighted by atomic mass is 9.65. The number of hydrogen-bond donors (Lipinski definition) is 0. The predicted octanol–water partition coefficient (Wildman–Crippen LogP) is 18.8. The molecule has 0 saturated heterocycles. The number of methoxy groups -OCH3 is 2. The maximum atomic E-state index is 12.1. The normalized spacial score (nSPS) is 14.4. The second-order valence-electron chi connectivity index (χ2n) is 24.8. The number of aryl methyl sites for hydroxylation is 2. The molecule has 0 amide bonds. The molecule has 0 heterocycles. The Morgan fingerprint density at radius 2 is 1.00 bits per heavy atom. The first-order valence-electron chi connectivity index (χ1n) is 28.4. The third-order valence-corrected chi connectivity index (χ3v) is 22.8. The molecule has 1 saturated carbocycles. The molecule has 9 heteroatoms. The summed E-state index contributed by atoms with van der Waals surface area (Å²) in [6.45, 7) is 32.7. The number of hydrogen-bond acceptors (Lipinski definition) is 7. The summed E-state index contributed by atoms with van der Waals surface area (Å²) in [5.41, 5.74) is 9.96. The van der Waals surface area contributed by atoms with Crippen molar-refractivity contribution in [1.82, 2.24) is 0 Å². The molecule has 1 aliphatic carbocycles. The third kappa shape index (κ3) is 18.8. The van der Waals surface area contributed by atoms with Gasteiger partial charge in [-0.25, -0.2) is 0 Å². The molecule has 1 atom stereocenters. The van der Waals surface area contributed by atoms with E-state index in [-0.39, 0.29) is 35.5 Å². The van der Waals surface area contributed by atoms with Gasteiger partial charge in [0.1, 0.15) is 23.0 Å². The summed E-state index contributed by atoms with van der Waals surface area (Å²) in [7, 11) is 0.403. The summed E-state index contributed by atoms with van der Waals surface area (Å²) < 4.78 is 28.9. The number of carbonyl (C=O) groups is 2. The molecule has 7 nitrogen and oxygen atoms in total. The SMILES string of the molecule is CCCC[Si](C)(C)O[Si](C)(C)CCCCCCCCCCC(c1cc(C(C)(C)C)c(OC)cc1C)c1cc(C(C)(C)C)c(OC(C)=O)cc1C.COc1ccc(C2(c3ccc(OC(C)=O)cc3)CCCCC2)cc1.[HH]. The minimum absolute atomic E-state index is 0. The van der Waals surface area contributed by atoms with Crippen LogP contribution in [-0.4, -0.2) is 42.8 Å². The summed E-state index contributed by atoms with van der Waals surface area (Å²) in [5, 5.41) is 0. The summed E-state index contributed by atoms with van der Waals surface area (Å²) in [4.78, 5) is 23.2. The van der Waals surface area contributed by atoms with Crippen LogP contribution < -0.4 is 18.9 Å². The average molecular weight is 1050 g/mol. The molecule has 1 aliphatic rings. The van der Waals surface area contributed by atoms with Crippen molar-refractivity contribution in [1.29, 1.82) is 0 Å². The highest BCUT2D eigenvalue weighted by atomic mass is 28.4. The Hall–Kier alpha value is -4.19. The van der Waals surface area contributed by atoms with E-state index in [2.05, 4.69) is 137 Å². The van der Waals surface area contributed by atoms with Gasteiger partial charge in [0.2, 0.25) is 0 Å². The standard InChI is InChI=1S/C44H76O4Si2.C21H24O3.H2/c1-16-17-27-49(12,13)48-50(14,15)28-25-23-21-19-18-20-22-24-26-36(37-31-39(43(5,6)7)41(46-11)29-33(37)2)38-32-40(44(8,9)10)42(30-34(38)3)47-35(4)45;1-16(22)24-20-12-8-18(9-13-20)21(14-4-3-5-15-21)17-6-10-19(23-2)11-7-17;/h29-32,36H,16-28H2,1-15H3;6-13H,3-5,14-15H2,1-2H3;1H. The van der Waals surface area contributed by atoms with Crippen LogP contribution in [0.25, 0.3) is 0 Å². The van der Waals surface area contributed by atoms with Gasteiger partial charge in [0, 0.05) is 32.2 Å². The third-order valence-electron chi connectivity index (χ3n) is 15.3. The first-order valence-corrected chi connectivity index (χ1v) is 34.6. The second kappa shape index (κ2) is 28.3. The van der Waals surface area contributed by atoms with Gasteiger partial charge in [-0.15, -0.1) is 0 Å². The Balaban J connectivity index is 0.000000491. The first-order chi connectivity index (χ1) is 34.8. The van der Waals surface area contributed by atoms with Gasteiger partial charge in [0.15, 0.2) is 16.6 Å². The smallest absolute Gasteiger partial charge is 0.308 e. The molecule has 0 spiro atoms. The van der Waals surface area contributed by atoms with Gasteiger partial charge in [-0.3, -0.25) is 9.59 Å². The Kier molecular flexibility index (Phi) is 23.8. The van der Waals surface area contributed by atoms with Gasteiger partial charge in [-0.1, -0.05) is 168 Å². The largest absolute Gasteiger partial charge is 0.497 e. The molecule has 0 N–H and O–H groups in total. The predicted molar refractivity (Wildman–Crippen MR) is 318 cm³/mol. The number of rotatable bonds is 24. The average Bonchev–Trinajstić information content (AvgIpc) is 3.32. The van der Waals surface area contributed by atoms with Crippen LogP contribution in [-0.2, 0) is 29.9 Å². The molecule has 0 aromatic heterocycles. The van der Waals surface area contributed by atoms with Crippen LogP contribution in [0, 0.1) is 13.8 Å². The van der Waals surface area contributed by atoms with Crippen LogP contribution in [0.1, 0.15) is 217 Å². The first kappa shape index (κ1) is 62.4. The van der Waals surface area contributed by atoms with Gasteiger partial charge in [-0.2, -0.15) is 0 Å². The maximum absolute atomic E-state index is 12.1. The molecule has 1 unspecified atom stereocenters. The van der Waals surface area contributed by atoms with Crippen molar-refractivity contribution in [2.75, 3.05) is 14.2 Å². The Morgan fingerprint density at radius 1 is 0.568 bits per heavy atom. The van der Waals surface area contributed by atoms with Crippen molar-refractivity contribution in [3.8, 4) is 23.0 Å². The molecule has 0 aliphatic heterocycles. The van der Waals surface area contributed by atoms with Crippen LogP contribution in [0.2, 0.25) is 38.3 Å². The van der Waals surface area contributed by atoms with Crippen LogP contribution >= 0.6 is 0 Å². The minimum Gasteiger partial charge on any atom is -0.497 e. The molecular formula is C65H102O7Si2. The molecule has 5 rings (SSSR count). The van der Waals surface area contributed by atoms with Crippen molar-refractivity contribution in [2.24, 2.45) is 0 Å². The Labute approximate surface area is 454 Å². The summed E-state index contributed by atoms with van der Waals surface area (Å²) in [5.74, 6) is 2.82. The highest BCUT2D eigenvalue weighted by molar-refractivity contribution is 6.84. The van der Waals surface area contributed by atoms with E-state index in [1.54, 1.807) is 14.2 Å². The number of unbranched alkanes of at least 4 members (excludes halogenated alkanes) is 8. The number of esters is 2. The van der Waals surface area contributed by atoms with E-state index in [9.17, 15) is 9.59 Å². The topological polar surface area (TPSA) is 80.3 Å². The van der Waals surface area contributed by atoms with Gasteiger partial charge in [0.25, 0.3) is 0 Å². The molecule has 74 heavy (non-hydrogen) atoms. The van der Waals surface area contributed by atoms with Gasteiger partial charge < -0.3 is 23.1 Å². The zero-order chi connectivity index (χ0) is 54.9.